The van der Waals surface area contributed by atoms with Crippen LogP contribution in [-0.4, -0.2) is 31.1 Å². The molecule has 1 aromatic rings. The van der Waals surface area contributed by atoms with Crippen LogP contribution in [0.3, 0.4) is 0 Å². The molecule has 1 atom stereocenters. The van der Waals surface area contributed by atoms with Gasteiger partial charge in [-0.1, -0.05) is 6.42 Å². The molecule has 1 aliphatic carbocycles. The summed E-state index contributed by atoms with van der Waals surface area (Å²) in [6.45, 7) is 2.33. The predicted molar refractivity (Wildman–Crippen MR) is 95.5 cm³/mol. The highest BCUT2D eigenvalue weighted by atomic mass is 35.5. The molecular weight excluding hydrogens is 417 g/mol. The fourth-order valence-electron chi connectivity index (χ4n) is 3.71. The molecule has 156 valence electrons. The zero-order chi connectivity index (χ0) is 18.2. The largest absolute Gasteiger partial charge is 0.416 e. The van der Waals surface area contributed by atoms with Gasteiger partial charge in [0.15, 0.2) is 0 Å². The summed E-state index contributed by atoms with van der Waals surface area (Å²) in [6.07, 6.45) is -6.92. The molecule has 1 heterocycles. The van der Waals surface area contributed by atoms with E-state index >= 15 is 0 Å². The van der Waals surface area contributed by atoms with E-state index in [1.54, 1.807) is 0 Å². The maximum absolute atomic E-state index is 13.5. The Labute approximate surface area is 166 Å². The number of nitrogens with zero attached hydrogens (tertiary/aromatic N) is 1. The summed E-state index contributed by atoms with van der Waals surface area (Å²) in [5, 5.41) is 3.13. The van der Waals surface area contributed by atoms with Crippen LogP contribution in [-0.2, 0) is 12.4 Å². The minimum atomic E-state index is -4.67. The Morgan fingerprint density at radius 2 is 1.52 bits per heavy atom. The molecule has 1 aromatic carbocycles. The summed E-state index contributed by atoms with van der Waals surface area (Å²) >= 11 is 0. The van der Waals surface area contributed by atoms with Crippen LogP contribution in [0.2, 0.25) is 0 Å². The molecule has 0 aromatic heterocycles. The van der Waals surface area contributed by atoms with Crippen molar-refractivity contribution in [3.8, 4) is 0 Å². The SMILES string of the molecule is Cl.Cl.FC(F)(F)c1ccc(C(F)(F)F)c([C@H](C2CCC2)N2CCNCC2)c1. The predicted octanol–water partition coefficient (Wildman–Crippen LogP) is 5.31. The maximum atomic E-state index is 13.5. The molecule has 2 fully saturated rings. The fourth-order valence-corrected chi connectivity index (χ4v) is 3.71. The molecule has 2 nitrogen and oxygen atoms in total. The quantitative estimate of drug-likeness (QED) is 0.642. The van der Waals surface area contributed by atoms with E-state index in [-0.39, 0.29) is 36.3 Å². The van der Waals surface area contributed by atoms with Crippen LogP contribution in [0.1, 0.15) is 42.0 Å². The van der Waals surface area contributed by atoms with Crippen molar-refractivity contribution in [3.63, 3.8) is 0 Å². The van der Waals surface area contributed by atoms with E-state index in [0.29, 0.717) is 44.4 Å². The molecule has 1 aliphatic heterocycles. The lowest BCUT2D eigenvalue weighted by Gasteiger charge is -2.44. The smallest absolute Gasteiger partial charge is 0.314 e. The van der Waals surface area contributed by atoms with E-state index in [1.165, 1.54) is 0 Å². The van der Waals surface area contributed by atoms with Gasteiger partial charge >= 0.3 is 12.4 Å². The number of hydrogen-bond donors (Lipinski definition) is 1. The number of halogens is 8. The van der Waals surface area contributed by atoms with Gasteiger partial charge in [0.25, 0.3) is 0 Å². The van der Waals surface area contributed by atoms with Crippen molar-refractivity contribution >= 4 is 24.8 Å². The van der Waals surface area contributed by atoms with Gasteiger partial charge < -0.3 is 5.32 Å². The van der Waals surface area contributed by atoms with Crippen LogP contribution < -0.4 is 5.32 Å². The van der Waals surface area contributed by atoms with Crippen LogP contribution in [0.4, 0.5) is 26.3 Å². The van der Waals surface area contributed by atoms with Crippen molar-refractivity contribution < 1.29 is 26.3 Å². The van der Waals surface area contributed by atoms with Gasteiger partial charge in [-0.25, -0.2) is 0 Å². The first-order valence-electron chi connectivity index (χ1n) is 8.41. The Hall–Kier alpha value is -0.700. The molecule has 27 heavy (non-hydrogen) atoms. The lowest BCUT2D eigenvalue weighted by atomic mass is 9.75. The summed E-state index contributed by atoms with van der Waals surface area (Å²) in [5.41, 5.74) is -2.19. The average molecular weight is 439 g/mol. The minimum Gasteiger partial charge on any atom is -0.314 e. The van der Waals surface area contributed by atoms with Gasteiger partial charge in [0.2, 0.25) is 0 Å². The van der Waals surface area contributed by atoms with Gasteiger partial charge in [0, 0.05) is 32.2 Å². The highest BCUT2D eigenvalue weighted by Gasteiger charge is 2.42. The Morgan fingerprint density at radius 3 is 1.96 bits per heavy atom. The number of rotatable bonds is 3. The zero-order valence-corrected chi connectivity index (χ0v) is 16.0. The highest BCUT2D eigenvalue weighted by Crippen LogP contribution is 2.47. The van der Waals surface area contributed by atoms with E-state index in [1.807, 2.05) is 4.90 Å². The van der Waals surface area contributed by atoms with Crippen molar-refractivity contribution in [1.82, 2.24) is 10.2 Å². The molecular formula is C17H22Cl2F6N2. The minimum absolute atomic E-state index is 0. The monoisotopic (exact) mass is 438 g/mol. The molecule has 0 bridgehead atoms. The highest BCUT2D eigenvalue weighted by molar-refractivity contribution is 5.85. The van der Waals surface area contributed by atoms with Crippen molar-refractivity contribution in [2.45, 2.75) is 37.7 Å². The van der Waals surface area contributed by atoms with Gasteiger partial charge in [-0.15, -0.1) is 24.8 Å². The first-order valence-corrected chi connectivity index (χ1v) is 8.41. The average Bonchev–Trinajstić information content (AvgIpc) is 2.49. The van der Waals surface area contributed by atoms with Crippen molar-refractivity contribution in [2.75, 3.05) is 26.2 Å². The third-order valence-corrected chi connectivity index (χ3v) is 5.14. The third-order valence-electron chi connectivity index (χ3n) is 5.14. The van der Waals surface area contributed by atoms with Crippen LogP contribution in [0, 0.1) is 5.92 Å². The van der Waals surface area contributed by atoms with E-state index in [2.05, 4.69) is 5.32 Å². The third kappa shape index (κ3) is 5.43. The molecule has 1 saturated carbocycles. The fraction of sp³-hybridized carbons (Fsp3) is 0.647. The Balaban J connectivity index is 0.00000182. The first kappa shape index (κ1) is 24.3. The normalized spacial score (nSPS) is 20.2. The second kappa shape index (κ2) is 9.20. The summed E-state index contributed by atoms with van der Waals surface area (Å²) < 4.78 is 79.7. The molecule has 0 amide bonds. The Morgan fingerprint density at radius 1 is 0.926 bits per heavy atom. The van der Waals surface area contributed by atoms with Crippen molar-refractivity contribution in [1.29, 1.82) is 0 Å². The lowest BCUT2D eigenvalue weighted by molar-refractivity contribution is -0.142. The van der Waals surface area contributed by atoms with Crippen LogP contribution in [0.15, 0.2) is 18.2 Å². The molecule has 0 radical (unpaired) electrons. The second-order valence-electron chi connectivity index (χ2n) is 6.72. The zero-order valence-electron chi connectivity index (χ0n) is 14.4. The van der Waals surface area contributed by atoms with Gasteiger partial charge in [-0.2, -0.15) is 26.3 Å². The number of hydrogen-bond acceptors (Lipinski definition) is 2. The number of alkyl halides is 6. The van der Waals surface area contributed by atoms with Crippen LogP contribution in [0.5, 0.6) is 0 Å². The Kier molecular flexibility index (Phi) is 8.29. The van der Waals surface area contributed by atoms with E-state index in [0.717, 1.165) is 19.3 Å². The van der Waals surface area contributed by atoms with Crippen LogP contribution in [0.25, 0.3) is 0 Å². The summed E-state index contributed by atoms with van der Waals surface area (Å²) in [7, 11) is 0. The second-order valence-corrected chi connectivity index (χ2v) is 6.72. The van der Waals surface area contributed by atoms with E-state index < -0.39 is 29.5 Å². The molecule has 0 spiro atoms. The topological polar surface area (TPSA) is 15.3 Å². The molecule has 1 saturated heterocycles. The van der Waals surface area contributed by atoms with Gasteiger partial charge in [-0.05, 0) is 42.5 Å². The maximum Gasteiger partial charge on any atom is 0.416 e. The standard InChI is InChI=1S/C17H20F6N2.2ClH/c18-16(19,20)12-4-5-14(17(21,22)23)13(10-12)15(11-2-1-3-11)25-8-6-24-7-9-25;;/h4-5,10-11,15,24H,1-3,6-9H2;2*1H/t15-;;/m0../s1. The summed E-state index contributed by atoms with van der Waals surface area (Å²) in [6, 6.07) is 1.22. The molecule has 10 heteroatoms. The molecule has 3 rings (SSSR count). The summed E-state index contributed by atoms with van der Waals surface area (Å²) in [5.74, 6) is -0.0253. The number of nitrogens with one attached hydrogen (secondary N) is 1. The Bertz CT molecular complexity index is 610. The van der Waals surface area contributed by atoms with Crippen LogP contribution >= 0.6 is 24.8 Å². The molecule has 0 unspecified atom stereocenters. The lowest BCUT2D eigenvalue weighted by Crippen LogP contribution is -2.48. The number of benzene rings is 1. The van der Waals surface area contributed by atoms with Gasteiger partial charge in [0.1, 0.15) is 0 Å². The molecule has 2 aliphatic rings. The van der Waals surface area contributed by atoms with Gasteiger partial charge in [0.05, 0.1) is 11.1 Å². The first-order chi connectivity index (χ1) is 11.7. The van der Waals surface area contributed by atoms with Gasteiger partial charge in [-0.3, -0.25) is 4.90 Å². The number of piperazine rings is 1. The molecule has 1 N–H and O–H groups in total. The van der Waals surface area contributed by atoms with E-state index in [9.17, 15) is 26.3 Å². The summed E-state index contributed by atoms with van der Waals surface area (Å²) in [4.78, 5) is 1.91. The van der Waals surface area contributed by atoms with E-state index in [4.69, 9.17) is 0 Å². The van der Waals surface area contributed by atoms with Crippen molar-refractivity contribution in [3.05, 3.63) is 34.9 Å². The van der Waals surface area contributed by atoms with Crippen molar-refractivity contribution in [2.24, 2.45) is 5.92 Å².